The van der Waals surface area contributed by atoms with Crippen LogP contribution in [0.15, 0.2) is 18.2 Å². The Bertz CT molecular complexity index is 825. The zero-order valence-electron chi connectivity index (χ0n) is 15.3. The molecule has 144 valence electrons. The Labute approximate surface area is 173 Å². The molecule has 3 rings (SSSR count). The van der Waals surface area contributed by atoms with E-state index in [0.29, 0.717) is 22.5 Å². The van der Waals surface area contributed by atoms with Gasteiger partial charge in [0.1, 0.15) is 10.1 Å². The van der Waals surface area contributed by atoms with E-state index in [1.54, 1.807) is 11.8 Å². The molecule has 1 aliphatic heterocycles. The zero-order chi connectivity index (χ0) is 19.4. The lowest BCUT2D eigenvalue weighted by Crippen LogP contribution is -2.45. The number of rotatable bonds is 4. The molecule has 0 saturated carbocycles. The molecule has 1 saturated heterocycles. The van der Waals surface area contributed by atoms with Crippen LogP contribution in [0, 0.1) is 6.92 Å². The topological polar surface area (TPSA) is 83.2 Å². The first-order valence-corrected chi connectivity index (χ1v) is 10.3. The third-order valence-corrected chi connectivity index (χ3v) is 6.23. The number of likely N-dealkylation sites (N-methyl/N-ethyl adjacent to an activating group) is 1. The highest BCUT2D eigenvalue weighted by atomic mass is 35.5. The summed E-state index contributed by atoms with van der Waals surface area (Å²) in [6.07, 6.45) is 0. The van der Waals surface area contributed by atoms with E-state index in [1.165, 1.54) is 0 Å². The third-order valence-electron chi connectivity index (χ3n) is 4.30. The molecule has 7 nitrogen and oxygen atoms in total. The highest BCUT2D eigenvalue weighted by Gasteiger charge is 2.17. The van der Waals surface area contributed by atoms with E-state index in [4.69, 9.17) is 29.6 Å². The molecule has 2 heterocycles. The maximum Gasteiger partial charge on any atom is 0.232 e. The monoisotopic (exact) mass is 423 g/mol. The lowest BCUT2D eigenvalue weighted by molar-refractivity contribution is 0.220. The summed E-state index contributed by atoms with van der Waals surface area (Å²) < 4.78 is 0.863. The number of thiocarbonyl (C=S) groups is 1. The molecule has 27 heavy (non-hydrogen) atoms. The molecular weight excluding hydrogens is 402 g/mol. The Morgan fingerprint density at radius 2 is 2.00 bits per heavy atom. The average Bonchev–Trinajstić information content (AvgIpc) is 2.64. The fourth-order valence-corrected chi connectivity index (χ4v) is 3.91. The molecule has 0 atom stereocenters. The predicted molar refractivity (Wildman–Crippen MR) is 117 cm³/mol. The van der Waals surface area contributed by atoms with Gasteiger partial charge in [-0.05, 0) is 31.7 Å². The van der Waals surface area contributed by atoms with Gasteiger partial charge in [0.05, 0.1) is 5.75 Å². The van der Waals surface area contributed by atoms with Gasteiger partial charge in [-0.15, -0.1) is 0 Å². The number of nitrogen functional groups attached to an aromatic ring is 1. The van der Waals surface area contributed by atoms with E-state index < -0.39 is 0 Å². The molecule has 0 unspecified atom stereocenters. The molecule has 1 aromatic carbocycles. The van der Waals surface area contributed by atoms with Gasteiger partial charge in [0.2, 0.25) is 11.9 Å². The van der Waals surface area contributed by atoms with Crippen LogP contribution in [0.2, 0.25) is 5.02 Å². The number of hydrogen-bond acceptors (Lipinski definition) is 8. The van der Waals surface area contributed by atoms with Crippen molar-refractivity contribution in [3.8, 4) is 0 Å². The Hall–Kier alpha value is -1.68. The number of nitrogens with one attached hydrogen (secondary N) is 1. The maximum absolute atomic E-state index is 6.17. The lowest BCUT2D eigenvalue weighted by Gasteiger charge is -2.33. The Morgan fingerprint density at radius 1 is 1.26 bits per heavy atom. The van der Waals surface area contributed by atoms with E-state index in [0.717, 1.165) is 41.8 Å². The van der Waals surface area contributed by atoms with Gasteiger partial charge in [0.15, 0.2) is 0 Å². The molecule has 0 bridgehead atoms. The van der Waals surface area contributed by atoms with Crippen LogP contribution in [0.25, 0.3) is 0 Å². The largest absolute Gasteiger partial charge is 0.368 e. The van der Waals surface area contributed by atoms with Crippen molar-refractivity contribution < 1.29 is 0 Å². The molecule has 0 amide bonds. The van der Waals surface area contributed by atoms with Crippen molar-refractivity contribution in [3.63, 3.8) is 0 Å². The summed E-state index contributed by atoms with van der Waals surface area (Å²) in [4.78, 5) is 17.4. The first-order valence-electron chi connectivity index (χ1n) is 8.55. The smallest absolute Gasteiger partial charge is 0.232 e. The van der Waals surface area contributed by atoms with Gasteiger partial charge in [-0.3, -0.25) is 0 Å². The third kappa shape index (κ3) is 5.41. The van der Waals surface area contributed by atoms with Crippen LogP contribution in [0.3, 0.4) is 0 Å². The van der Waals surface area contributed by atoms with Gasteiger partial charge in [-0.2, -0.15) is 15.0 Å². The van der Waals surface area contributed by atoms with E-state index in [-0.39, 0.29) is 5.95 Å². The van der Waals surface area contributed by atoms with Crippen LogP contribution < -0.4 is 11.1 Å². The summed E-state index contributed by atoms with van der Waals surface area (Å²) in [6.45, 7) is 5.87. The van der Waals surface area contributed by atoms with Crippen LogP contribution in [0.1, 0.15) is 11.4 Å². The minimum Gasteiger partial charge on any atom is -0.368 e. The summed E-state index contributed by atoms with van der Waals surface area (Å²) in [5, 5.41) is 3.84. The summed E-state index contributed by atoms with van der Waals surface area (Å²) in [5.74, 6) is 1.70. The number of hydrogen-bond donors (Lipinski definition) is 2. The van der Waals surface area contributed by atoms with Crippen LogP contribution in [0.5, 0.6) is 0 Å². The van der Waals surface area contributed by atoms with E-state index >= 15 is 0 Å². The zero-order valence-corrected chi connectivity index (χ0v) is 17.7. The minimum absolute atomic E-state index is 0.174. The quantitative estimate of drug-likeness (QED) is 0.721. The maximum atomic E-state index is 6.17. The first kappa shape index (κ1) is 20.1. The number of benzene rings is 1. The molecule has 0 radical (unpaired) electrons. The number of nitrogens with zero attached hydrogens (tertiary/aromatic N) is 5. The summed E-state index contributed by atoms with van der Waals surface area (Å²) in [7, 11) is 2.12. The fraction of sp³-hybridized carbons (Fsp3) is 0.412. The Morgan fingerprint density at radius 3 is 2.74 bits per heavy atom. The second-order valence-corrected chi connectivity index (χ2v) is 8.33. The summed E-state index contributed by atoms with van der Waals surface area (Å²) in [6, 6.07) is 5.62. The first-order chi connectivity index (χ1) is 12.9. The second-order valence-electron chi connectivity index (χ2n) is 6.32. The second kappa shape index (κ2) is 9.01. The van der Waals surface area contributed by atoms with Gasteiger partial charge in [-0.1, -0.05) is 41.6 Å². The number of halogens is 1. The Kier molecular flexibility index (Phi) is 6.69. The van der Waals surface area contributed by atoms with Crippen molar-refractivity contribution in [2.24, 2.45) is 0 Å². The molecule has 0 spiro atoms. The van der Waals surface area contributed by atoms with Crippen molar-refractivity contribution in [1.29, 1.82) is 0 Å². The molecule has 1 aliphatic rings. The van der Waals surface area contributed by atoms with Crippen molar-refractivity contribution >= 4 is 57.5 Å². The summed E-state index contributed by atoms with van der Waals surface area (Å²) in [5.41, 5.74) is 7.61. The number of aromatic nitrogens is 3. The van der Waals surface area contributed by atoms with E-state index in [2.05, 4.69) is 37.1 Å². The van der Waals surface area contributed by atoms with Crippen LogP contribution in [0.4, 0.5) is 17.6 Å². The number of piperazine rings is 1. The molecule has 3 N–H and O–H groups in total. The highest BCUT2D eigenvalue weighted by Crippen LogP contribution is 2.25. The van der Waals surface area contributed by atoms with Crippen LogP contribution in [-0.4, -0.2) is 62.3 Å². The number of anilines is 3. The van der Waals surface area contributed by atoms with Crippen LogP contribution in [-0.2, 0) is 5.75 Å². The standard InChI is InChI=1S/C17H22ClN7S2/c1-11-12(18)4-3-5-13(11)20-16-22-14(21-15(19)23-16)10-27-17(26)25-8-6-24(2)7-9-25/h3-5H,6-10H2,1-2H3,(H3,19,20,21,22,23). The molecular formula is C17H22ClN7S2. The SMILES string of the molecule is Cc1c(Cl)cccc1Nc1nc(N)nc(CSC(=S)N2CCN(C)CC2)n1. The molecule has 1 aromatic heterocycles. The highest BCUT2D eigenvalue weighted by molar-refractivity contribution is 8.22. The van der Waals surface area contributed by atoms with Gasteiger partial charge < -0.3 is 20.9 Å². The number of thioether (sulfide) groups is 1. The lowest BCUT2D eigenvalue weighted by atomic mass is 10.2. The molecule has 10 heteroatoms. The fourth-order valence-electron chi connectivity index (χ4n) is 2.63. The van der Waals surface area contributed by atoms with Crippen molar-refractivity contribution in [2.75, 3.05) is 44.3 Å². The average molecular weight is 424 g/mol. The van der Waals surface area contributed by atoms with E-state index in [1.807, 2.05) is 25.1 Å². The number of nitrogens with two attached hydrogens (primary N) is 1. The van der Waals surface area contributed by atoms with Crippen molar-refractivity contribution in [3.05, 3.63) is 34.6 Å². The van der Waals surface area contributed by atoms with Crippen LogP contribution >= 0.6 is 35.6 Å². The minimum atomic E-state index is 0.174. The molecule has 2 aromatic rings. The van der Waals surface area contributed by atoms with Gasteiger partial charge in [0, 0.05) is 36.9 Å². The van der Waals surface area contributed by atoms with Crippen molar-refractivity contribution in [1.82, 2.24) is 24.8 Å². The molecule has 1 fully saturated rings. The van der Waals surface area contributed by atoms with Gasteiger partial charge >= 0.3 is 0 Å². The van der Waals surface area contributed by atoms with Gasteiger partial charge in [0.25, 0.3) is 0 Å². The molecule has 0 aliphatic carbocycles. The Balaban J connectivity index is 1.65. The van der Waals surface area contributed by atoms with Crippen molar-refractivity contribution in [2.45, 2.75) is 12.7 Å². The predicted octanol–water partition coefficient (Wildman–Crippen LogP) is 2.92. The summed E-state index contributed by atoms with van der Waals surface area (Å²) >= 11 is 13.3. The van der Waals surface area contributed by atoms with E-state index in [9.17, 15) is 0 Å². The normalized spacial score (nSPS) is 15.0. The van der Waals surface area contributed by atoms with Gasteiger partial charge in [-0.25, -0.2) is 0 Å².